The van der Waals surface area contributed by atoms with Crippen molar-refractivity contribution in [3.05, 3.63) is 0 Å². The van der Waals surface area contributed by atoms with E-state index in [1.165, 1.54) is 38.9 Å². The van der Waals surface area contributed by atoms with Gasteiger partial charge in [0.15, 0.2) is 0 Å². The molecule has 0 amide bonds. The van der Waals surface area contributed by atoms with Crippen LogP contribution in [0.1, 0.15) is 47.0 Å². The Kier molecular flexibility index (Phi) is 4.91. The van der Waals surface area contributed by atoms with Crippen LogP contribution in [0.5, 0.6) is 0 Å². The normalized spacial score (nSPS) is 32.1. The molecule has 1 N–H and O–H groups in total. The van der Waals surface area contributed by atoms with E-state index in [4.69, 9.17) is 4.74 Å². The van der Waals surface area contributed by atoms with E-state index >= 15 is 0 Å². The Morgan fingerprint density at radius 2 is 2.05 bits per heavy atom. The van der Waals surface area contributed by atoms with E-state index < -0.39 is 0 Å². The van der Waals surface area contributed by atoms with Crippen molar-refractivity contribution in [3.8, 4) is 0 Å². The lowest BCUT2D eigenvalue weighted by Gasteiger charge is -2.41. The number of likely N-dealkylation sites (tertiary alicyclic amines) is 1. The maximum absolute atomic E-state index is 5.81. The van der Waals surface area contributed by atoms with Crippen LogP contribution in [-0.4, -0.2) is 50.3 Å². The summed E-state index contributed by atoms with van der Waals surface area (Å²) in [6.07, 6.45) is 3.86. The molecule has 2 rings (SSSR count). The van der Waals surface area contributed by atoms with Crippen molar-refractivity contribution in [3.63, 3.8) is 0 Å². The molecule has 1 atom stereocenters. The molecule has 0 spiro atoms. The highest BCUT2D eigenvalue weighted by atomic mass is 16.5. The molecule has 0 radical (unpaired) electrons. The van der Waals surface area contributed by atoms with Crippen LogP contribution in [0.4, 0.5) is 0 Å². The minimum atomic E-state index is 0.336. The lowest BCUT2D eigenvalue weighted by molar-refractivity contribution is -0.0249. The molecule has 2 fully saturated rings. The molecule has 0 saturated carbocycles. The summed E-state index contributed by atoms with van der Waals surface area (Å²) in [4.78, 5) is 2.66. The van der Waals surface area contributed by atoms with Gasteiger partial charge in [0.1, 0.15) is 0 Å². The highest BCUT2D eigenvalue weighted by molar-refractivity contribution is 4.91. The standard InChI is InChI=1S/C16H32N2O/c1-14(2)17-10-16(6-5-9-19-13-16)12-18-8-7-15(3,4)11-18/h14,17H,5-13H2,1-4H3. The summed E-state index contributed by atoms with van der Waals surface area (Å²) >= 11 is 0. The average molecular weight is 268 g/mol. The monoisotopic (exact) mass is 268 g/mol. The Balaban J connectivity index is 1.93. The highest BCUT2D eigenvalue weighted by Crippen LogP contribution is 2.34. The third kappa shape index (κ3) is 4.44. The molecule has 2 heterocycles. The van der Waals surface area contributed by atoms with Crippen molar-refractivity contribution < 1.29 is 4.74 Å². The molecule has 112 valence electrons. The largest absolute Gasteiger partial charge is 0.381 e. The fourth-order valence-corrected chi connectivity index (χ4v) is 3.48. The van der Waals surface area contributed by atoms with Gasteiger partial charge in [-0.1, -0.05) is 27.7 Å². The number of nitrogens with zero attached hydrogens (tertiary/aromatic N) is 1. The Morgan fingerprint density at radius 1 is 1.26 bits per heavy atom. The Hall–Kier alpha value is -0.120. The maximum atomic E-state index is 5.81. The van der Waals surface area contributed by atoms with E-state index in [9.17, 15) is 0 Å². The smallest absolute Gasteiger partial charge is 0.0546 e. The third-order valence-electron chi connectivity index (χ3n) is 4.60. The minimum Gasteiger partial charge on any atom is -0.381 e. The molecular weight excluding hydrogens is 236 g/mol. The fraction of sp³-hybridized carbons (Fsp3) is 1.00. The summed E-state index contributed by atoms with van der Waals surface area (Å²) < 4.78 is 5.81. The molecule has 0 bridgehead atoms. The number of ether oxygens (including phenoxy) is 1. The number of nitrogens with one attached hydrogen (secondary N) is 1. The topological polar surface area (TPSA) is 24.5 Å². The molecule has 0 aliphatic carbocycles. The van der Waals surface area contributed by atoms with Crippen LogP contribution in [-0.2, 0) is 4.74 Å². The molecular formula is C16H32N2O. The highest BCUT2D eigenvalue weighted by Gasteiger charge is 2.38. The van der Waals surface area contributed by atoms with Crippen molar-refractivity contribution in [2.75, 3.05) is 39.4 Å². The molecule has 0 aromatic rings. The van der Waals surface area contributed by atoms with Gasteiger partial charge < -0.3 is 15.0 Å². The molecule has 3 nitrogen and oxygen atoms in total. The van der Waals surface area contributed by atoms with E-state index in [1.54, 1.807) is 0 Å². The van der Waals surface area contributed by atoms with Gasteiger partial charge in [0.2, 0.25) is 0 Å². The third-order valence-corrected chi connectivity index (χ3v) is 4.60. The van der Waals surface area contributed by atoms with Crippen molar-refractivity contribution in [1.29, 1.82) is 0 Å². The van der Waals surface area contributed by atoms with Crippen LogP contribution < -0.4 is 5.32 Å². The van der Waals surface area contributed by atoms with Gasteiger partial charge in [0.25, 0.3) is 0 Å². The Bertz CT molecular complexity index is 282. The molecule has 2 aliphatic rings. The molecule has 2 aliphatic heterocycles. The van der Waals surface area contributed by atoms with Gasteiger partial charge in [-0.15, -0.1) is 0 Å². The first-order chi connectivity index (χ1) is 8.91. The summed E-state index contributed by atoms with van der Waals surface area (Å²) in [7, 11) is 0. The summed E-state index contributed by atoms with van der Waals surface area (Å²) in [5.41, 5.74) is 0.838. The number of rotatable bonds is 5. The van der Waals surface area contributed by atoms with Crippen molar-refractivity contribution in [2.24, 2.45) is 10.8 Å². The molecule has 1 unspecified atom stereocenters. The summed E-state index contributed by atoms with van der Waals surface area (Å²) in [5.74, 6) is 0. The van der Waals surface area contributed by atoms with E-state index in [1.807, 2.05) is 0 Å². The second-order valence-corrected chi connectivity index (χ2v) is 7.82. The summed E-state index contributed by atoms with van der Waals surface area (Å²) in [6, 6.07) is 0.564. The van der Waals surface area contributed by atoms with E-state index in [-0.39, 0.29) is 0 Å². The van der Waals surface area contributed by atoms with Gasteiger partial charge >= 0.3 is 0 Å². The zero-order valence-corrected chi connectivity index (χ0v) is 13.3. The van der Waals surface area contributed by atoms with Gasteiger partial charge in [0.05, 0.1) is 6.61 Å². The number of hydrogen-bond acceptors (Lipinski definition) is 3. The molecule has 2 saturated heterocycles. The van der Waals surface area contributed by atoms with Crippen LogP contribution in [0.3, 0.4) is 0 Å². The van der Waals surface area contributed by atoms with Crippen molar-refractivity contribution in [1.82, 2.24) is 10.2 Å². The second kappa shape index (κ2) is 6.11. The Labute approximate surface area is 119 Å². The lowest BCUT2D eigenvalue weighted by atomic mass is 9.81. The maximum Gasteiger partial charge on any atom is 0.0546 e. The van der Waals surface area contributed by atoms with E-state index in [2.05, 4.69) is 37.9 Å². The summed E-state index contributed by atoms with van der Waals surface area (Å²) in [5, 5.41) is 3.64. The number of hydrogen-bond donors (Lipinski definition) is 1. The predicted molar refractivity (Wildman–Crippen MR) is 80.5 cm³/mol. The van der Waals surface area contributed by atoms with Gasteiger partial charge in [-0.05, 0) is 31.2 Å². The lowest BCUT2D eigenvalue weighted by Crippen LogP contribution is -2.49. The van der Waals surface area contributed by atoms with E-state index in [0.717, 1.165) is 19.8 Å². The molecule has 0 aromatic heterocycles. The van der Waals surface area contributed by atoms with E-state index in [0.29, 0.717) is 16.9 Å². The molecule has 3 heteroatoms. The zero-order valence-electron chi connectivity index (χ0n) is 13.3. The summed E-state index contributed by atoms with van der Waals surface area (Å²) in [6.45, 7) is 15.9. The quantitative estimate of drug-likeness (QED) is 0.829. The van der Waals surface area contributed by atoms with Crippen LogP contribution in [0.2, 0.25) is 0 Å². The molecule has 0 aromatic carbocycles. The first-order valence-electron chi connectivity index (χ1n) is 7.94. The zero-order chi connectivity index (χ0) is 13.9. The average Bonchev–Trinajstić information content (AvgIpc) is 2.67. The van der Waals surface area contributed by atoms with Crippen molar-refractivity contribution >= 4 is 0 Å². The van der Waals surface area contributed by atoms with Crippen LogP contribution in [0.15, 0.2) is 0 Å². The van der Waals surface area contributed by atoms with Gasteiger partial charge in [0, 0.05) is 37.7 Å². The van der Waals surface area contributed by atoms with Crippen LogP contribution >= 0.6 is 0 Å². The second-order valence-electron chi connectivity index (χ2n) is 7.82. The fourth-order valence-electron chi connectivity index (χ4n) is 3.48. The molecule has 19 heavy (non-hydrogen) atoms. The Morgan fingerprint density at radius 3 is 2.58 bits per heavy atom. The SMILES string of the molecule is CC(C)NCC1(CN2CCC(C)(C)C2)CCCOC1. The van der Waals surface area contributed by atoms with Gasteiger partial charge in [-0.25, -0.2) is 0 Å². The minimum absolute atomic E-state index is 0.336. The van der Waals surface area contributed by atoms with Crippen LogP contribution in [0.25, 0.3) is 0 Å². The van der Waals surface area contributed by atoms with Gasteiger partial charge in [-0.3, -0.25) is 0 Å². The first-order valence-corrected chi connectivity index (χ1v) is 7.94. The van der Waals surface area contributed by atoms with Gasteiger partial charge in [-0.2, -0.15) is 0 Å². The van der Waals surface area contributed by atoms with Crippen molar-refractivity contribution in [2.45, 2.75) is 53.0 Å². The predicted octanol–water partition coefficient (Wildman–Crippen LogP) is 2.51. The van der Waals surface area contributed by atoms with Crippen LogP contribution in [0, 0.1) is 10.8 Å². The first kappa shape index (κ1) is 15.3.